The molecule has 0 aliphatic carbocycles. The Morgan fingerprint density at radius 3 is 3.08 bits per heavy atom. The molecule has 2 rings (SSSR count). The van der Waals surface area contributed by atoms with Crippen molar-refractivity contribution in [2.24, 2.45) is 0 Å². The number of fused-ring (bicyclic) bond motifs is 1. The standard InChI is InChI=1S/C7H9F2N3/c8-7(9)4-2-1-3-6-10-5-11-12(6)7/h5H,1-4H2. The molecule has 0 amide bonds. The van der Waals surface area contributed by atoms with Gasteiger partial charge in [0.25, 0.3) is 0 Å². The second-order valence-corrected chi connectivity index (χ2v) is 2.96. The van der Waals surface area contributed by atoms with E-state index in [1.165, 1.54) is 6.33 Å². The molecule has 1 aromatic heterocycles. The highest BCUT2D eigenvalue weighted by Gasteiger charge is 2.35. The highest BCUT2D eigenvalue weighted by molar-refractivity contribution is 4.90. The van der Waals surface area contributed by atoms with Crippen LogP contribution in [-0.2, 0) is 12.5 Å². The third-order valence-corrected chi connectivity index (χ3v) is 2.06. The van der Waals surface area contributed by atoms with Crippen LogP contribution in [-0.4, -0.2) is 14.8 Å². The number of halogens is 2. The first-order chi connectivity index (χ1) is 5.70. The molecule has 1 aromatic rings. The zero-order chi connectivity index (χ0) is 8.60. The summed E-state index contributed by atoms with van der Waals surface area (Å²) in [6, 6.07) is -2.83. The Labute approximate surface area is 68.4 Å². The smallest absolute Gasteiger partial charge is 0.220 e. The van der Waals surface area contributed by atoms with Crippen molar-refractivity contribution >= 4 is 0 Å². The van der Waals surface area contributed by atoms with E-state index < -0.39 is 6.05 Å². The lowest BCUT2D eigenvalue weighted by atomic mass is 10.2. The van der Waals surface area contributed by atoms with E-state index in [1.807, 2.05) is 0 Å². The zero-order valence-corrected chi connectivity index (χ0v) is 6.50. The molecule has 0 N–H and O–H groups in total. The van der Waals surface area contributed by atoms with Gasteiger partial charge in [0, 0.05) is 12.8 Å². The lowest BCUT2D eigenvalue weighted by molar-refractivity contribution is -0.0994. The first-order valence-electron chi connectivity index (χ1n) is 3.97. The monoisotopic (exact) mass is 173 g/mol. The average molecular weight is 173 g/mol. The molecule has 1 aliphatic rings. The highest BCUT2D eigenvalue weighted by atomic mass is 19.3. The molecule has 0 bridgehead atoms. The van der Waals surface area contributed by atoms with Crippen LogP contribution in [0.1, 0.15) is 25.1 Å². The largest absolute Gasteiger partial charge is 0.345 e. The molecule has 0 radical (unpaired) electrons. The Morgan fingerprint density at radius 2 is 2.25 bits per heavy atom. The average Bonchev–Trinajstić information content (AvgIpc) is 2.42. The number of hydrogen-bond acceptors (Lipinski definition) is 2. The minimum atomic E-state index is -2.83. The van der Waals surface area contributed by atoms with Crippen molar-refractivity contribution in [1.29, 1.82) is 0 Å². The van der Waals surface area contributed by atoms with E-state index in [0.29, 0.717) is 18.7 Å². The first-order valence-corrected chi connectivity index (χ1v) is 3.97. The molecule has 0 saturated carbocycles. The molecule has 0 aromatic carbocycles. The molecule has 3 nitrogen and oxygen atoms in total. The molecule has 12 heavy (non-hydrogen) atoms. The fourth-order valence-corrected chi connectivity index (χ4v) is 1.44. The number of alkyl halides is 2. The fourth-order valence-electron chi connectivity index (χ4n) is 1.44. The molecule has 5 heteroatoms. The van der Waals surface area contributed by atoms with Gasteiger partial charge in [-0.25, -0.2) is 4.98 Å². The second kappa shape index (κ2) is 2.50. The van der Waals surface area contributed by atoms with Crippen molar-refractivity contribution in [2.75, 3.05) is 0 Å². The van der Waals surface area contributed by atoms with Gasteiger partial charge >= 0.3 is 6.05 Å². The van der Waals surface area contributed by atoms with E-state index in [4.69, 9.17) is 0 Å². The number of aromatic nitrogens is 3. The van der Waals surface area contributed by atoms with Crippen LogP contribution < -0.4 is 0 Å². The van der Waals surface area contributed by atoms with Crippen molar-refractivity contribution in [2.45, 2.75) is 31.7 Å². The van der Waals surface area contributed by atoms with E-state index in [2.05, 4.69) is 10.1 Å². The zero-order valence-electron chi connectivity index (χ0n) is 6.50. The fraction of sp³-hybridized carbons (Fsp3) is 0.714. The SMILES string of the molecule is FC1(F)CCCCc2ncnn21. The molecule has 1 aliphatic heterocycles. The summed E-state index contributed by atoms with van der Waals surface area (Å²) in [5, 5.41) is 3.53. The summed E-state index contributed by atoms with van der Waals surface area (Å²) in [6.45, 7) is 0. The molecular formula is C7H9F2N3. The summed E-state index contributed by atoms with van der Waals surface area (Å²) in [5.41, 5.74) is 0. The predicted octanol–water partition coefficient (Wildman–Crippen LogP) is 1.55. The van der Waals surface area contributed by atoms with E-state index in [1.54, 1.807) is 0 Å². The van der Waals surface area contributed by atoms with Crippen molar-refractivity contribution in [1.82, 2.24) is 14.8 Å². The third kappa shape index (κ3) is 1.09. The van der Waals surface area contributed by atoms with Crippen LogP contribution >= 0.6 is 0 Å². The lowest BCUT2D eigenvalue weighted by Gasteiger charge is -2.14. The van der Waals surface area contributed by atoms with Gasteiger partial charge in [-0.05, 0) is 12.8 Å². The number of nitrogens with zero attached hydrogens (tertiary/aromatic N) is 3. The maximum absolute atomic E-state index is 13.2. The Balaban J connectivity index is 2.43. The second-order valence-electron chi connectivity index (χ2n) is 2.96. The molecule has 0 unspecified atom stereocenters. The Kier molecular flexibility index (Phi) is 1.59. The highest BCUT2D eigenvalue weighted by Crippen LogP contribution is 2.30. The summed E-state index contributed by atoms with van der Waals surface area (Å²) in [4.78, 5) is 3.78. The predicted molar refractivity (Wildman–Crippen MR) is 37.8 cm³/mol. The Bertz CT molecular complexity index is 282. The summed E-state index contributed by atoms with van der Waals surface area (Å²) < 4.78 is 27.1. The quantitative estimate of drug-likeness (QED) is 0.596. The van der Waals surface area contributed by atoms with Gasteiger partial charge in [-0.15, -0.1) is 0 Å². The molecule has 0 saturated heterocycles. The number of aryl methyl sites for hydroxylation is 1. The number of hydrogen-bond donors (Lipinski definition) is 0. The van der Waals surface area contributed by atoms with Gasteiger partial charge in [-0.3, -0.25) is 0 Å². The molecule has 0 atom stereocenters. The van der Waals surface area contributed by atoms with Crippen LogP contribution in [0.15, 0.2) is 6.33 Å². The third-order valence-electron chi connectivity index (χ3n) is 2.06. The molecule has 0 spiro atoms. The maximum Gasteiger partial charge on any atom is 0.345 e. The minimum Gasteiger partial charge on any atom is -0.220 e. The van der Waals surface area contributed by atoms with Crippen molar-refractivity contribution in [3.05, 3.63) is 12.2 Å². The van der Waals surface area contributed by atoms with Crippen LogP contribution in [0.2, 0.25) is 0 Å². The molecule has 2 heterocycles. The number of rotatable bonds is 0. The van der Waals surface area contributed by atoms with Crippen molar-refractivity contribution in [3.8, 4) is 0 Å². The van der Waals surface area contributed by atoms with Gasteiger partial charge in [0.2, 0.25) is 0 Å². The van der Waals surface area contributed by atoms with Gasteiger partial charge in [0.1, 0.15) is 12.2 Å². The summed E-state index contributed by atoms with van der Waals surface area (Å²) in [6.07, 6.45) is 2.99. The van der Waals surface area contributed by atoms with Crippen molar-refractivity contribution in [3.63, 3.8) is 0 Å². The van der Waals surface area contributed by atoms with Crippen LogP contribution in [0.3, 0.4) is 0 Å². The lowest BCUT2D eigenvalue weighted by Crippen LogP contribution is -2.24. The molecule has 66 valence electrons. The Morgan fingerprint density at radius 1 is 1.42 bits per heavy atom. The van der Waals surface area contributed by atoms with Crippen LogP contribution in [0.25, 0.3) is 0 Å². The maximum atomic E-state index is 13.2. The van der Waals surface area contributed by atoms with Gasteiger partial charge in [0.05, 0.1) is 0 Å². The normalized spacial score (nSPS) is 21.5. The summed E-state index contributed by atoms with van der Waals surface area (Å²) >= 11 is 0. The topological polar surface area (TPSA) is 30.7 Å². The summed E-state index contributed by atoms with van der Waals surface area (Å²) in [5.74, 6) is 0.400. The summed E-state index contributed by atoms with van der Waals surface area (Å²) in [7, 11) is 0. The molecule has 0 fully saturated rings. The van der Waals surface area contributed by atoms with Crippen LogP contribution in [0.5, 0.6) is 0 Å². The van der Waals surface area contributed by atoms with Gasteiger partial charge in [0.15, 0.2) is 0 Å². The van der Waals surface area contributed by atoms with E-state index >= 15 is 0 Å². The Hall–Kier alpha value is -1.00. The van der Waals surface area contributed by atoms with Gasteiger partial charge < -0.3 is 0 Å². The van der Waals surface area contributed by atoms with E-state index in [9.17, 15) is 8.78 Å². The molecular weight excluding hydrogens is 164 g/mol. The van der Waals surface area contributed by atoms with Gasteiger partial charge in [-0.2, -0.15) is 18.6 Å². The van der Waals surface area contributed by atoms with Gasteiger partial charge in [-0.1, -0.05) is 0 Å². The van der Waals surface area contributed by atoms with Crippen LogP contribution in [0.4, 0.5) is 8.78 Å². The van der Waals surface area contributed by atoms with E-state index in [-0.39, 0.29) is 6.42 Å². The van der Waals surface area contributed by atoms with E-state index in [0.717, 1.165) is 11.1 Å². The minimum absolute atomic E-state index is 0.122. The van der Waals surface area contributed by atoms with Crippen molar-refractivity contribution < 1.29 is 8.78 Å². The van der Waals surface area contributed by atoms with Crippen LogP contribution in [0, 0.1) is 0 Å². The first kappa shape index (κ1) is 7.64.